The molecule has 158 valence electrons. The van der Waals surface area contributed by atoms with E-state index >= 15 is 0 Å². The molecule has 0 aliphatic heterocycles. The van der Waals surface area contributed by atoms with E-state index < -0.39 is 10.0 Å². The third kappa shape index (κ3) is 3.50. The van der Waals surface area contributed by atoms with Gasteiger partial charge in [0.15, 0.2) is 0 Å². The highest BCUT2D eigenvalue weighted by Gasteiger charge is 2.42. The van der Waals surface area contributed by atoms with Crippen molar-refractivity contribution in [3.63, 3.8) is 0 Å². The summed E-state index contributed by atoms with van der Waals surface area (Å²) in [6.07, 6.45) is 0.970. The predicted molar refractivity (Wildman–Crippen MR) is 123 cm³/mol. The lowest BCUT2D eigenvalue weighted by Crippen LogP contribution is -2.39. The molecule has 1 unspecified atom stereocenters. The molecule has 0 fully saturated rings. The van der Waals surface area contributed by atoms with Crippen LogP contribution in [0.25, 0.3) is 0 Å². The minimum atomic E-state index is -3.89. The SMILES string of the molecule is NS(=O)(=O)c1ccc(Br)c(C(=O)NCC2CC3c4ccccc4C2c2ccccc23)c1. The van der Waals surface area contributed by atoms with E-state index in [1.54, 1.807) is 0 Å². The molecule has 6 rings (SSSR count). The second-order valence-corrected chi connectivity index (χ2v) is 10.6. The van der Waals surface area contributed by atoms with Crippen LogP contribution in [0.3, 0.4) is 0 Å². The second kappa shape index (κ2) is 7.58. The molecule has 0 aromatic heterocycles. The maximum atomic E-state index is 12.9. The molecular formula is C24H21BrN2O3S. The first-order valence-corrected chi connectivity index (χ1v) is 12.5. The Morgan fingerprint density at radius 3 is 2.13 bits per heavy atom. The van der Waals surface area contributed by atoms with Gasteiger partial charge in [-0.2, -0.15) is 0 Å². The third-order valence-corrected chi connectivity index (χ3v) is 8.06. The fraction of sp³-hybridized carbons (Fsp3) is 0.208. The highest BCUT2D eigenvalue weighted by atomic mass is 79.9. The second-order valence-electron chi connectivity index (χ2n) is 8.18. The largest absolute Gasteiger partial charge is 0.352 e. The number of sulfonamides is 1. The first-order valence-electron chi connectivity index (χ1n) is 10.1. The lowest BCUT2D eigenvalue weighted by atomic mass is 9.59. The zero-order valence-corrected chi connectivity index (χ0v) is 19.0. The van der Waals surface area contributed by atoms with Crippen LogP contribution in [0.4, 0.5) is 0 Å². The Kier molecular flexibility index (Phi) is 5.00. The van der Waals surface area contributed by atoms with Gasteiger partial charge < -0.3 is 5.32 Å². The summed E-state index contributed by atoms with van der Waals surface area (Å²) < 4.78 is 23.9. The quantitative estimate of drug-likeness (QED) is 0.568. The number of fused-ring (bicyclic) bond motifs is 1. The minimum Gasteiger partial charge on any atom is -0.352 e. The van der Waals surface area contributed by atoms with Crippen molar-refractivity contribution in [2.45, 2.75) is 23.2 Å². The van der Waals surface area contributed by atoms with Crippen LogP contribution >= 0.6 is 15.9 Å². The maximum Gasteiger partial charge on any atom is 0.252 e. The van der Waals surface area contributed by atoms with Crippen molar-refractivity contribution >= 4 is 31.9 Å². The number of nitrogens with two attached hydrogens (primary N) is 1. The van der Waals surface area contributed by atoms with E-state index in [-0.39, 0.29) is 28.2 Å². The molecule has 31 heavy (non-hydrogen) atoms. The van der Waals surface area contributed by atoms with Gasteiger partial charge in [-0.15, -0.1) is 0 Å². The number of halogens is 1. The molecule has 3 aromatic rings. The van der Waals surface area contributed by atoms with Gasteiger partial charge in [-0.05, 0) is 68.7 Å². The van der Waals surface area contributed by atoms with E-state index in [4.69, 9.17) is 5.14 Å². The zero-order chi connectivity index (χ0) is 21.8. The zero-order valence-electron chi connectivity index (χ0n) is 16.6. The Balaban J connectivity index is 1.42. The first kappa shape index (κ1) is 20.4. The van der Waals surface area contributed by atoms with Crippen molar-refractivity contribution < 1.29 is 13.2 Å². The molecule has 1 amide bonds. The lowest BCUT2D eigenvalue weighted by molar-refractivity contribution is 0.0942. The van der Waals surface area contributed by atoms with Gasteiger partial charge in [-0.3, -0.25) is 4.79 Å². The van der Waals surface area contributed by atoms with Crippen molar-refractivity contribution in [3.8, 4) is 0 Å². The van der Waals surface area contributed by atoms with E-state index in [0.29, 0.717) is 16.9 Å². The summed E-state index contributed by atoms with van der Waals surface area (Å²) >= 11 is 3.34. The number of carbonyl (C=O) groups is 1. The number of nitrogens with one attached hydrogen (secondary N) is 1. The predicted octanol–water partition coefficient (Wildman–Crippen LogP) is 4.12. The van der Waals surface area contributed by atoms with Gasteiger partial charge >= 0.3 is 0 Å². The van der Waals surface area contributed by atoms with Crippen LogP contribution in [0.2, 0.25) is 0 Å². The van der Waals surface area contributed by atoms with E-state index in [1.165, 1.54) is 40.5 Å². The lowest BCUT2D eigenvalue weighted by Gasteiger charge is -2.45. The van der Waals surface area contributed by atoms with Crippen molar-refractivity contribution in [1.82, 2.24) is 5.32 Å². The molecule has 0 spiro atoms. The fourth-order valence-electron chi connectivity index (χ4n) is 5.13. The molecule has 0 heterocycles. The Bertz CT molecular complexity index is 1260. The summed E-state index contributed by atoms with van der Waals surface area (Å²) in [5.74, 6) is 0.507. The summed E-state index contributed by atoms with van der Waals surface area (Å²) in [4.78, 5) is 12.8. The molecule has 0 saturated heterocycles. The Morgan fingerprint density at radius 1 is 0.968 bits per heavy atom. The van der Waals surface area contributed by atoms with Crippen molar-refractivity contribution in [2.24, 2.45) is 11.1 Å². The van der Waals surface area contributed by atoms with Gasteiger partial charge in [0.25, 0.3) is 5.91 Å². The number of hydrogen-bond donors (Lipinski definition) is 2. The Morgan fingerprint density at radius 2 is 1.55 bits per heavy atom. The molecule has 1 atom stereocenters. The van der Waals surface area contributed by atoms with Crippen LogP contribution < -0.4 is 10.5 Å². The number of hydrogen-bond acceptors (Lipinski definition) is 3. The number of carbonyl (C=O) groups excluding carboxylic acids is 1. The van der Waals surface area contributed by atoms with Gasteiger partial charge in [0, 0.05) is 22.9 Å². The molecule has 0 saturated carbocycles. The van der Waals surface area contributed by atoms with Gasteiger partial charge in [0.1, 0.15) is 0 Å². The van der Waals surface area contributed by atoms with Crippen LogP contribution in [-0.2, 0) is 10.0 Å². The molecule has 3 aliphatic carbocycles. The van der Waals surface area contributed by atoms with E-state index in [1.807, 2.05) is 0 Å². The van der Waals surface area contributed by atoms with Crippen LogP contribution in [0.15, 0.2) is 76.1 Å². The highest BCUT2D eigenvalue weighted by molar-refractivity contribution is 9.10. The van der Waals surface area contributed by atoms with Crippen LogP contribution in [0.5, 0.6) is 0 Å². The molecule has 5 nitrogen and oxygen atoms in total. The van der Waals surface area contributed by atoms with Crippen molar-refractivity contribution in [1.29, 1.82) is 0 Å². The van der Waals surface area contributed by atoms with Gasteiger partial charge in [-0.25, -0.2) is 13.6 Å². The van der Waals surface area contributed by atoms with Crippen LogP contribution in [-0.4, -0.2) is 20.9 Å². The normalized spacial score (nSPS) is 21.3. The number of benzene rings is 3. The summed E-state index contributed by atoms with van der Waals surface area (Å²) in [5, 5.41) is 8.25. The summed E-state index contributed by atoms with van der Waals surface area (Å²) in [5.41, 5.74) is 5.71. The average molecular weight is 497 g/mol. The average Bonchev–Trinajstić information content (AvgIpc) is 2.77. The van der Waals surface area contributed by atoms with Gasteiger partial charge in [0.2, 0.25) is 10.0 Å². The molecule has 3 N–H and O–H groups in total. The third-order valence-electron chi connectivity index (χ3n) is 6.46. The van der Waals surface area contributed by atoms with E-state index in [2.05, 4.69) is 69.8 Å². The number of rotatable bonds is 4. The van der Waals surface area contributed by atoms with Crippen LogP contribution in [0, 0.1) is 5.92 Å². The molecule has 0 radical (unpaired) electrons. The van der Waals surface area contributed by atoms with Gasteiger partial charge in [0.05, 0.1) is 10.5 Å². The molecule has 7 heteroatoms. The number of amides is 1. The summed E-state index contributed by atoms with van der Waals surface area (Å²) in [6, 6.07) is 21.4. The summed E-state index contributed by atoms with van der Waals surface area (Å²) in [6.45, 7) is 0.509. The summed E-state index contributed by atoms with van der Waals surface area (Å²) in [7, 11) is -3.89. The molecular weight excluding hydrogens is 476 g/mol. The standard InChI is InChI=1S/C24H21BrN2O3S/c25-22-10-9-15(31(26,29)30)12-21(22)24(28)27-13-14-11-20-16-5-1-3-7-18(16)23(14)19-8-4-2-6-17(19)20/h1-10,12,14,20,23H,11,13H2,(H,27,28)(H2,26,29,30). The highest BCUT2D eigenvalue weighted by Crippen LogP contribution is 2.55. The Labute approximate surface area is 189 Å². The monoisotopic (exact) mass is 496 g/mol. The molecule has 2 bridgehead atoms. The van der Waals surface area contributed by atoms with E-state index in [9.17, 15) is 13.2 Å². The Hall–Kier alpha value is -2.48. The topological polar surface area (TPSA) is 89.3 Å². The van der Waals surface area contributed by atoms with Crippen LogP contribution in [0.1, 0.15) is 50.9 Å². The number of primary sulfonamides is 1. The van der Waals surface area contributed by atoms with Gasteiger partial charge in [-0.1, -0.05) is 48.5 Å². The van der Waals surface area contributed by atoms with Crippen molar-refractivity contribution in [3.05, 3.63) is 99.0 Å². The smallest absolute Gasteiger partial charge is 0.252 e. The first-order chi connectivity index (χ1) is 14.8. The minimum absolute atomic E-state index is 0.0829. The van der Waals surface area contributed by atoms with E-state index in [0.717, 1.165) is 6.42 Å². The van der Waals surface area contributed by atoms with Crippen molar-refractivity contribution in [2.75, 3.05) is 6.54 Å². The molecule has 3 aliphatic rings. The maximum absolute atomic E-state index is 12.9. The fourth-order valence-corrected chi connectivity index (χ4v) is 6.10. The molecule has 3 aromatic carbocycles.